The average Bonchev–Trinajstić information content (AvgIpc) is 3.75. The maximum Gasteiger partial charge on any atom is 0.306 e. The molecule has 0 bridgehead atoms. The summed E-state index contributed by atoms with van der Waals surface area (Å²) in [6.07, 6.45) is 12.7. The topological polar surface area (TPSA) is 108 Å². The van der Waals surface area contributed by atoms with Crippen LogP contribution in [-0.2, 0) is 23.2 Å². The van der Waals surface area contributed by atoms with Gasteiger partial charge in [0.05, 0.1) is 18.7 Å². The number of fused-ring (bicyclic) bond motifs is 8. The second-order valence-electron chi connectivity index (χ2n) is 18.9. The van der Waals surface area contributed by atoms with Gasteiger partial charge in [0.15, 0.2) is 0 Å². The fourth-order valence-corrected chi connectivity index (χ4v) is 13.6. The minimum absolute atomic E-state index is 0.0145. The Bertz CT molecular complexity index is 1620. The van der Waals surface area contributed by atoms with Gasteiger partial charge in [-0.3, -0.25) is 14.8 Å². The van der Waals surface area contributed by atoms with Crippen LogP contribution in [0.2, 0.25) is 0 Å². The number of aromatic nitrogens is 2. The van der Waals surface area contributed by atoms with Crippen molar-refractivity contribution in [2.24, 2.45) is 51.2 Å². The predicted molar refractivity (Wildman–Crippen MR) is 185 cm³/mol. The quantitative estimate of drug-likeness (QED) is 0.309. The van der Waals surface area contributed by atoms with Crippen molar-refractivity contribution in [3.8, 4) is 0 Å². The molecule has 0 radical (unpaired) electrons. The van der Waals surface area contributed by atoms with Gasteiger partial charge in [0.1, 0.15) is 11.6 Å². The number of furan rings is 1. The molecule has 0 amide bonds. The molecule has 4 fully saturated rings. The number of aromatic amines is 1. The van der Waals surface area contributed by atoms with E-state index in [-0.39, 0.29) is 44.8 Å². The minimum atomic E-state index is -0.595. The molecule has 1 aliphatic heterocycles. The summed E-state index contributed by atoms with van der Waals surface area (Å²) in [5, 5.41) is 18.5. The molecule has 3 saturated carbocycles. The standard InChI is InChI=1S/C40H58N4O3/c1-36(2)19-26-23(27(20-36)35(45)46)10-13-40(7)32(26)25(24-12-17-47-29(24)22-44-15-8-9-16-44)18-31-38(5)21-28-33(42-43-34(28)41)37(3,4)30(38)11-14-39(31,40)6/h12,17,23,26-27,30-31H,8-11,13-16,18-22H2,1-7H3,(H,45,46)(H3,41,42,43)/t23-,26?,27+,30?,31?,38-,39+,40+/m0/s1. The largest absolute Gasteiger partial charge is 0.481 e. The number of allylic oxidation sites excluding steroid dienone is 2. The number of nitrogens with two attached hydrogens (primary N) is 1. The van der Waals surface area contributed by atoms with Gasteiger partial charge in [-0.2, -0.15) is 5.10 Å². The highest BCUT2D eigenvalue weighted by molar-refractivity contribution is 5.75. The lowest BCUT2D eigenvalue weighted by Gasteiger charge is -2.70. The Hall–Kier alpha value is -2.54. The molecule has 0 spiro atoms. The van der Waals surface area contributed by atoms with Crippen LogP contribution in [0.3, 0.4) is 0 Å². The number of aliphatic carboxylic acids is 1. The van der Waals surface area contributed by atoms with E-state index in [0.717, 1.165) is 63.9 Å². The van der Waals surface area contributed by atoms with Crippen LogP contribution >= 0.6 is 0 Å². The lowest BCUT2D eigenvalue weighted by Crippen LogP contribution is -2.64. The molecule has 7 nitrogen and oxygen atoms in total. The van der Waals surface area contributed by atoms with E-state index >= 15 is 0 Å². The van der Waals surface area contributed by atoms with E-state index in [4.69, 9.17) is 10.2 Å². The number of rotatable bonds is 4. The Morgan fingerprint density at radius 1 is 1.06 bits per heavy atom. The van der Waals surface area contributed by atoms with Gasteiger partial charge in [0.25, 0.3) is 0 Å². The van der Waals surface area contributed by atoms with E-state index in [1.807, 2.05) is 6.26 Å². The molecule has 6 aliphatic rings. The number of nitrogen functional groups attached to an aromatic ring is 1. The minimum Gasteiger partial charge on any atom is -0.481 e. The van der Waals surface area contributed by atoms with Crippen molar-refractivity contribution in [3.05, 3.63) is 40.5 Å². The third-order valence-electron chi connectivity index (χ3n) is 15.8. The summed E-state index contributed by atoms with van der Waals surface area (Å²) in [5.74, 6) is 2.35. The van der Waals surface area contributed by atoms with Gasteiger partial charge in [-0.25, -0.2) is 0 Å². The Balaban J connectivity index is 1.33. The molecule has 256 valence electrons. The average molecular weight is 643 g/mol. The lowest BCUT2D eigenvalue weighted by molar-refractivity contribution is -0.161. The van der Waals surface area contributed by atoms with Gasteiger partial charge in [-0.05, 0) is 134 Å². The van der Waals surface area contributed by atoms with Crippen LogP contribution in [0.25, 0.3) is 5.57 Å². The van der Waals surface area contributed by atoms with Crippen molar-refractivity contribution in [1.82, 2.24) is 15.1 Å². The number of carbonyl (C=O) groups is 1. The maximum absolute atomic E-state index is 12.9. The number of anilines is 1. The Kier molecular flexibility index (Phi) is 6.91. The zero-order valence-corrected chi connectivity index (χ0v) is 30.0. The molecule has 2 aromatic heterocycles. The molecule has 1 saturated heterocycles. The molecule has 8 atom stereocenters. The van der Waals surface area contributed by atoms with Crippen molar-refractivity contribution >= 4 is 17.4 Å². The predicted octanol–water partition coefficient (Wildman–Crippen LogP) is 8.46. The Labute approximate surface area is 281 Å². The normalized spacial score (nSPS) is 40.6. The summed E-state index contributed by atoms with van der Waals surface area (Å²) in [6.45, 7) is 20.4. The maximum atomic E-state index is 12.9. The number of carboxylic acids is 1. The Morgan fingerprint density at radius 3 is 2.53 bits per heavy atom. The first-order valence-electron chi connectivity index (χ1n) is 18.7. The highest BCUT2D eigenvalue weighted by Crippen LogP contribution is 2.76. The fraction of sp³-hybridized carbons (Fsp3) is 0.750. The van der Waals surface area contributed by atoms with Crippen molar-refractivity contribution in [1.29, 1.82) is 0 Å². The van der Waals surface area contributed by atoms with Gasteiger partial charge in [0, 0.05) is 22.2 Å². The van der Waals surface area contributed by atoms with Crippen LogP contribution in [-0.4, -0.2) is 39.3 Å². The van der Waals surface area contributed by atoms with Gasteiger partial charge >= 0.3 is 5.97 Å². The zero-order valence-electron chi connectivity index (χ0n) is 30.0. The molecule has 4 N–H and O–H groups in total. The van der Waals surface area contributed by atoms with E-state index < -0.39 is 5.97 Å². The highest BCUT2D eigenvalue weighted by Gasteiger charge is 2.68. The summed E-state index contributed by atoms with van der Waals surface area (Å²) in [7, 11) is 0. The van der Waals surface area contributed by atoms with Gasteiger partial charge in [-0.1, -0.05) is 54.0 Å². The third kappa shape index (κ3) is 4.32. The van der Waals surface area contributed by atoms with Gasteiger partial charge < -0.3 is 15.3 Å². The first-order valence-corrected chi connectivity index (χ1v) is 18.7. The van der Waals surface area contributed by atoms with Gasteiger partial charge in [-0.15, -0.1) is 0 Å². The van der Waals surface area contributed by atoms with Crippen LogP contribution in [0.4, 0.5) is 5.82 Å². The van der Waals surface area contributed by atoms with E-state index in [1.54, 1.807) is 5.57 Å². The summed E-state index contributed by atoms with van der Waals surface area (Å²) in [5.41, 5.74) is 13.6. The molecule has 47 heavy (non-hydrogen) atoms. The van der Waals surface area contributed by atoms with Crippen LogP contribution in [0.1, 0.15) is 129 Å². The van der Waals surface area contributed by atoms with Crippen LogP contribution in [0.5, 0.6) is 0 Å². The van der Waals surface area contributed by atoms with Crippen LogP contribution < -0.4 is 5.73 Å². The van der Waals surface area contributed by atoms with Crippen molar-refractivity contribution in [2.75, 3.05) is 18.8 Å². The molecule has 5 aliphatic carbocycles. The van der Waals surface area contributed by atoms with Crippen LogP contribution in [0.15, 0.2) is 22.3 Å². The third-order valence-corrected chi connectivity index (χ3v) is 15.8. The van der Waals surface area contributed by atoms with E-state index in [1.165, 1.54) is 48.1 Å². The number of H-pyrrole nitrogens is 1. The molecule has 2 aromatic rings. The van der Waals surface area contributed by atoms with Crippen molar-refractivity contribution in [2.45, 2.75) is 125 Å². The fourth-order valence-electron chi connectivity index (χ4n) is 13.6. The van der Waals surface area contributed by atoms with E-state index in [0.29, 0.717) is 17.7 Å². The summed E-state index contributed by atoms with van der Waals surface area (Å²) in [4.78, 5) is 15.5. The first kappa shape index (κ1) is 31.7. The van der Waals surface area contributed by atoms with E-state index in [2.05, 4.69) is 69.6 Å². The number of likely N-dealkylation sites (tertiary alicyclic amines) is 1. The number of carboxylic acid groups (broad SMARTS) is 1. The molecule has 3 unspecified atom stereocenters. The summed E-state index contributed by atoms with van der Waals surface area (Å²) in [6, 6.07) is 2.27. The zero-order chi connectivity index (χ0) is 33.3. The number of nitrogens with one attached hydrogen (secondary N) is 1. The second kappa shape index (κ2) is 10.2. The number of hydrogen-bond donors (Lipinski definition) is 3. The first-order chi connectivity index (χ1) is 22.1. The second-order valence-corrected chi connectivity index (χ2v) is 18.9. The summed E-state index contributed by atoms with van der Waals surface area (Å²) >= 11 is 0. The SMILES string of the molecule is CC1(C)CC2C3=C(c4ccoc4CN4CCCC4)CC4[C@@]5(C)Cc6c(N)n[nH]c6C(C)(C)C5CC[C@@]4(C)[C@]3(C)CC[C@@H]2[C@H](C(=O)O)C1. The molecule has 8 rings (SSSR count). The summed E-state index contributed by atoms with van der Waals surface area (Å²) < 4.78 is 6.41. The molecule has 0 aromatic carbocycles. The lowest BCUT2D eigenvalue weighted by atomic mass is 9.33. The molecule has 7 heteroatoms. The molecule has 3 heterocycles. The molecular weight excluding hydrogens is 584 g/mol. The van der Waals surface area contributed by atoms with E-state index in [9.17, 15) is 9.90 Å². The smallest absolute Gasteiger partial charge is 0.306 e. The monoisotopic (exact) mass is 642 g/mol. The van der Waals surface area contributed by atoms with Gasteiger partial charge in [0.2, 0.25) is 0 Å². The van der Waals surface area contributed by atoms with Crippen molar-refractivity contribution < 1.29 is 14.3 Å². The Morgan fingerprint density at radius 2 is 1.81 bits per heavy atom. The number of hydrogen-bond acceptors (Lipinski definition) is 5. The number of nitrogens with zero attached hydrogens (tertiary/aromatic N) is 2. The van der Waals surface area contributed by atoms with Crippen molar-refractivity contribution in [3.63, 3.8) is 0 Å². The highest BCUT2D eigenvalue weighted by atomic mass is 16.4. The molecular formula is C40H58N4O3. The van der Waals surface area contributed by atoms with Crippen LogP contribution in [0, 0.1) is 51.2 Å².